The first-order valence-electron chi connectivity index (χ1n) is 5.01. The van der Waals surface area contributed by atoms with Gasteiger partial charge in [-0.25, -0.2) is 4.79 Å². The van der Waals surface area contributed by atoms with Crippen molar-refractivity contribution in [3.8, 4) is 0 Å². The second kappa shape index (κ2) is 5.73. The van der Waals surface area contributed by atoms with Crippen LogP contribution in [-0.4, -0.2) is 5.97 Å². The summed E-state index contributed by atoms with van der Waals surface area (Å²) in [6.07, 6.45) is 0. The lowest BCUT2D eigenvalue weighted by Crippen LogP contribution is -2.07. The molecular weight excluding hydrogens is 338 g/mol. The number of carbonyl (C=O) groups is 1. The lowest BCUT2D eigenvalue weighted by molar-refractivity contribution is 0.0478. The Morgan fingerprint density at radius 3 is 2.83 bits per heavy atom. The highest BCUT2D eigenvalue weighted by Crippen LogP contribution is 2.22. The number of hydrogen-bond donors (Lipinski definition) is 1. The molecule has 2 rings (SSSR count). The van der Waals surface area contributed by atoms with E-state index in [4.69, 9.17) is 22.1 Å². The van der Waals surface area contributed by atoms with Crippen LogP contribution in [0.15, 0.2) is 34.1 Å². The summed E-state index contributed by atoms with van der Waals surface area (Å²) >= 11 is 10.6. The van der Waals surface area contributed by atoms with Crippen molar-refractivity contribution in [2.45, 2.75) is 6.61 Å². The van der Waals surface area contributed by atoms with E-state index in [-0.39, 0.29) is 6.61 Å². The summed E-state index contributed by atoms with van der Waals surface area (Å²) in [4.78, 5) is 12.8. The predicted molar refractivity (Wildman–Crippen MR) is 77.0 cm³/mol. The van der Waals surface area contributed by atoms with Crippen molar-refractivity contribution < 1.29 is 9.53 Å². The van der Waals surface area contributed by atoms with E-state index < -0.39 is 5.97 Å². The minimum absolute atomic E-state index is 0.233. The number of carbonyl (C=O) groups excluding carboxylic acids is 1. The highest BCUT2D eigenvalue weighted by Gasteiger charge is 2.12. The normalized spacial score (nSPS) is 10.3. The molecule has 18 heavy (non-hydrogen) atoms. The van der Waals surface area contributed by atoms with Crippen molar-refractivity contribution in [3.63, 3.8) is 0 Å². The maximum absolute atomic E-state index is 11.8. The van der Waals surface area contributed by atoms with Crippen LogP contribution in [0.5, 0.6) is 0 Å². The van der Waals surface area contributed by atoms with E-state index in [0.717, 1.165) is 9.35 Å². The van der Waals surface area contributed by atoms with Crippen LogP contribution in [0.4, 0.5) is 5.69 Å². The smallest absolute Gasteiger partial charge is 0.340 e. The first-order valence-corrected chi connectivity index (χ1v) is 7.06. The summed E-state index contributed by atoms with van der Waals surface area (Å²) < 4.78 is 6.15. The molecule has 6 heteroatoms. The third kappa shape index (κ3) is 3.25. The maximum atomic E-state index is 11.8. The van der Waals surface area contributed by atoms with Gasteiger partial charge in [0.05, 0.1) is 5.56 Å². The van der Waals surface area contributed by atoms with Crippen LogP contribution >= 0.6 is 38.9 Å². The van der Waals surface area contributed by atoms with Gasteiger partial charge in [0.2, 0.25) is 0 Å². The Hall–Kier alpha value is -1.04. The Balaban J connectivity index is 2.03. The van der Waals surface area contributed by atoms with Gasteiger partial charge in [-0.15, -0.1) is 11.3 Å². The molecule has 0 saturated carbocycles. The summed E-state index contributed by atoms with van der Waals surface area (Å²) in [5, 5.41) is 2.42. The molecule has 0 unspecified atom stereocenters. The fraction of sp³-hybridized carbons (Fsp3) is 0.0833. The fourth-order valence-corrected chi connectivity index (χ4v) is 2.91. The summed E-state index contributed by atoms with van der Waals surface area (Å²) in [6, 6.07) is 6.60. The van der Waals surface area contributed by atoms with Crippen LogP contribution in [0.2, 0.25) is 5.02 Å². The Labute approximate surface area is 122 Å². The fourth-order valence-electron chi connectivity index (χ4n) is 1.36. The van der Waals surface area contributed by atoms with Crippen molar-refractivity contribution in [1.29, 1.82) is 0 Å². The monoisotopic (exact) mass is 345 g/mol. The zero-order chi connectivity index (χ0) is 13.1. The van der Waals surface area contributed by atoms with Gasteiger partial charge in [0.1, 0.15) is 6.61 Å². The Bertz CT molecular complexity index is 585. The molecule has 3 nitrogen and oxygen atoms in total. The second-order valence-electron chi connectivity index (χ2n) is 3.54. The van der Waals surface area contributed by atoms with Gasteiger partial charge in [0.15, 0.2) is 0 Å². The molecule has 0 atom stereocenters. The number of hydrogen-bond acceptors (Lipinski definition) is 4. The van der Waals surface area contributed by atoms with Crippen LogP contribution in [0.25, 0.3) is 0 Å². The first kappa shape index (κ1) is 13.4. The minimum atomic E-state index is -0.450. The highest BCUT2D eigenvalue weighted by molar-refractivity contribution is 9.10. The van der Waals surface area contributed by atoms with Gasteiger partial charge in [-0.05, 0) is 40.2 Å². The number of nitrogens with two attached hydrogens (primary N) is 1. The molecule has 0 amide bonds. The summed E-state index contributed by atoms with van der Waals surface area (Å²) in [7, 11) is 0. The predicted octanol–water partition coefficient (Wildman–Crippen LogP) is 4.10. The summed E-state index contributed by atoms with van der Waals surface area (Å²) in [6.45, 7) is 0.233. The molecule has 0 aliphatic heterocycles. The average molecular weight is 347 g/mol. The third-order valence-corrected chi connectivity index (χ3v) is 4.11. The molecular formula is C12H9BrClNO2S. The van der Waals surface area contributed by atoms with E-state index in [2.05, 4.69) is 15.9 Å². The van der Waals surface area contributed by atoms with Crippen LogP contribution in [-0.2, 0) is 11.3 Å². The minimum Gasteiger partial charge on any atom is -0.456 e. The molecule has 0 radical (unpaired) electrons. The van der Waals surface area contributed by atoms with Crippen LogP contribution < -0.4 is 5.73 Å². The SMILES string of the molecule is Nc1cc(Cl)ccc1C(=O)OCc1cc(Br)cs1. The number of ether oxygens (including phenoxy) is 1. The zero-order valence-corrected chi connectivity index (χ0v) is 12.3. The average Bonchev–Trinajstić information content (AvgIpc) is 2.72. The number of benzene rings is 1. The van der Waals surface area contributed by atoms with E-state index in [1.807, 2.05) is 11.4 Å². The molecule has 1 heterocycles. The second-order valence-corrected chi connectivity index (χ2v) is 5.89. The largest absolute Gasteiger partial charge is 0.456 e. The number of nitrogen functional groups attached to an aromatic ring is 1. The van der Waals surface area contributed by atoms with Crippen molar-refractivity contribution in [1.82, 2.24) is 0 Å². The highest BCUT2D eigenvalue weighted by atomic mass is 79.9. The molecule has 0 fully saturated rings. The van der Waals surface area contributed by atoms with Gasteiger partial charge < -0.3 is 10.5 Å². The van der Waals surface area contributed by atoms with Gasteiger partial charge in [-0.3, -0.25) is 0 Å². The van der Waals surface area contributed by atoms with Crippen molar-refractivity contribution in [3.05, 3.63) is 49.6 Å². The molecule has 0 bridgehead atoms. The zero-order valence-electron chi connectivity index (χ0n) is 9.15. The van der Waals surface area contributed by atoms with Crippen molar-refractivity contribution >= 4 is 50.5 Å². The molecule has 0 spiro atoms. The molecule has 94 valence electrons. The van der Waals surface area contributed by atoms with Crippen LogP contribution in [0.1, 0.15) is 15.2 Å². The lowest BCUT2D eigenvalue weighted by atomic mass is 10.2. The van der Waals surface area contributed by atoms with Gasteiger partial charge in [0.25, 0.3) is 0 Å². The van der Waals surface area contributed by atoms with Gasteiger partial charge in [-0.2, -0.15) is 0 Å². The van der Waals surface area contributed by atoms with Crippen molar-refractivity contribution in [2.24, 2.45) is 0 Å². The molecule has 0 saturated heterocycles. The topological polar surface area (TPSA) is 52.3 Å². The van der Waals surface area contributed by atoms with Gasteiger partial charge >= 0.3 is 5.97 Å². The molecule has 2 aromatic rings. The molecule has 1 aromatic heterocycles. The Morgan fingerprint density at radius 1 is 1.44 bits per heavy atom. The number of halogens is 2. The molecule has 1 aromatic carbocycles. The number of anilines is 1. The van der Waals surface area contributed by atoms with Gasteiger partial charge in [0, 0.05) is 25.4 Å². The number of rotatable bonds is 3. The Morgan fingerprint density at radius 2 is 2.22 bits per heavy atom. The van der Waals surface area contributed by atoms with E-state index in [9.17, 15) is 4.79 Å². The van der Waals surface area contributed by atoms with E-state index in [1.54, 1.807) is 12.1 Å². The molecule has 2 N–H and O–H groups in total. The molecule has 0 aliphatic rings. The standard InChI is InChI=1S/C12H9BrClNO2S/c13-7-3-9(18-6-7)5-17-12(16)10-2-1-8(14)4-11(10)15/h1-4,6H,5,15H2. The van der Waals surface area contributed by atoms with Crippen LogP contribution in [0.3, 0.4) is 0 Å². The van der Waals surface area contributed by atoms with Crippen molar-refractivity contribution in [2.75, 3.05) is 5.73 Å². The van der Waals surface area contributed by atoms with Gasteiger partial charge in [-0.1, -0.05) is 11.6 Å². The Kier molecular flexibility index (Phi) is 4.27. The first-order chi connectivity index (χ1) is 8.56. The number of thiophene rings is 1. The van der Waals surface area contributed by atoms with E-state index in [1.165, 1.54) is 17.4 Å². The van der Waals surface area contributed by atoms with E-state index >= 15 is 0 Å². The summed E-state index contributed by atoms with van der Waals surface area (Å²) in [5.74, 6) is -0.450. The molecule has 0 aliphatic carbocycles. The van der Waals surface area contributed by atoms with Crippen LogP contribution in [0, 0.1) is 0 Å². The number of esters is 1. The summed E-state index contributed by atoms with van der Waals surface area (Å²) in [5.41, 5.74) is 6.35. The lowest BCUT2D eigenvalue weighted by Gasteiger charge is -2.06. The maximum Gasteiger partial charge on any atom is 0.340 e. The third-order valence-electron chi connectivity index (χ3n) is 2.20. The quantitative estimate of drug-likeness (QED) is 0.672. The van der Waals surface area contributed by atoms with E-state index in [0.29, 0.717) is 16.3 Å².